The average Bonchev–Trinajstić information content (AvgIpc) is 2.96. The molecule has 1 N–H and O–H groups in total. The fourth-order valence-corrected chi connectivity index (χ4v) is 5.52. The number of carbonyl (C=O) groups is 2. The summed E-state index contributed by atoms with van der Waals surface area (Å²) in [7, 11) is -2.23. The Balaban J connectivity index is 1.84. The molecule has 7 nitrogen and oxygen atoms in total. The Bertz CT molecular complexity index is 1350. The molecule has 40 heavy (non-hydrogen) atoms. The first kappa shape index (κ1) is 31.0. The maximum Gasteiger partial charge on any atom is 0.243 e. The Labute approximate surface area is 237 Å². The van der Waals surface area contributed by atoms with Gasteiger partial charge in [-0.15, -0.1) is 0 Å². The first-order valence-corrected chi connectivity index (χ1v) is 15.0. The molecule has 0 saturated carbocycles. The standard InChI is InChI=1S/C31H38FN3O4S/c1-4-24(2)33-31(37)29(22-25-14-7-5-8-15-25)35(23-26-16-11-12-19-28(26)32)30(36)20-13-21-34(3)40(38,39)27-17-9-6-10-18-27/h5-12,14-19,24,29H,4,13,20-23H2,1-3H3,(H,33,37). The lowest BCUT2D eigenvalue weighted by Crippen LogP contribution is -2.52. The largest absolute Gasteiger partial charge is 0.352 e. The molecule has 3 rings (SSSR count). The molecule has 0 aliphatic carbocycles. The van der Waals surface area contributed by atoms with Gasteiger partial charge in [0.2, 0.25) is 21.8 Å². The molecule has 3 aromatic carbocycles. The van der Waals surface area contributed by atoms with Crippen LogP contribution in [-0.2, 0) is 32.6 Å². The van der Waals surface area contributed by atoms with Crippen molar-refractivity contribution in [1.29, 1.82) is 0 Å². The second kappa shape index (κ2) is 14.7. The Morgan fingerprint density at radius 2 is 1.52 bits per heavy atom. The van der Waals surface area contributed by atoms with Gasteiger partial charge in [-0.05, 0) is 43.5 Å². The van der Waals surface area contributed by atoms with Gasteiger partial charge < -0.3 is 10.2 Å². The van der Waals surface area contributed by atoms with Gasteiger partial charge >= 0.3 is 0 Å². The van der Waals surface area contributed by atoms with Crippen LogP contribution in [0.5, 0.6) is 0 Å². The van der Waals surface area contributed by atoms with Crippen LogP contribution >= 0.6 is 0 Å². The fourth-order valence-electron chi connectivity index (χ4n) is 4.29. The molecule has 0 spiro atoms. The van der Waals surface area contributed by atoms with Gasteiger partial charge in [-0.1, -0.05) is 73.7 Å². The van der Waals surface area contributed by atoms with Crippen LogP contribution < -0.4 is 5.32 Å². The van der Waals surface area contributed by atoms with Gasteiger partial charge in [0.15, 0.2) is 0 Å². The third-order valence-corrected chi connectivity index (χ3v) is 8.76. The molecule has 0 aliphatic rings. The zero-order valence-electron chi connectivity index (χ0n) is 23.3. The molecular formula is C31H38FN3O4S. The maximum absolute atomic E-state index is 14.7. The van der Waals surface area contributed by atoms with Gasteiger partial charge in [0.1, 0.15) is 11.9 Å². The van der Waals surface area contributed by atoms with Crippen molar-refractivity contribution in [1.82, 2.24) is 14.5 Å². The number of carbonyl (C=O) groups excluding carboxylic acids is 2. The molecule has 9 heteroatoms. The lowest BCUT2D eigenvalue weighted by molar-refractivity contribution is -0.141. The zero-order chi connectivity index (χ0) is 29.1. The minimum atomic E-state index is -3.70. The van der Waals surface area contributed by atoms with Crippen molar-refractivity contribution < 1.29 is 22.4 Å². The second-order valence-electron chi connectivity index (χ2n) is 9.88. The van der Waals surface area contributed by atoms with Crippen molar-refractivity contribution in [2.45, 2.75) is 63.1 Å². The maximum atomic E-state index is 14.7. The van der Waals surface area contributed by atoms with Crippen LogP contribution in [0.2, 0.25) is 0 Å². The average molecular weight is 568 g/mol. The van der Waals surface area contributed by atoms with E-state index in [4.69, 9.17) is 0 Å². The molecule has 2 amide bonds. The van der Waals surface area contributed by atoms with Gasteiger partial charge in [-0.25, -0.2) is 17.1 Å². The van der Waals surface area contributed by atoms with Gasteiger partial charge in [0.05, 0.1) is 4.90 Å². The van der Waals surface area contributed by atoms with Crippen LogP contribution in [-0.4, -0.2) is 55.1 Å². The zero-order valence-corrected chi connectivity index (χ0v) is 24.1. The lowest BCUT2D eigenvalue weighted by Gasteiger charge is -2.32. The van der Waals surface area contributed by atoms with Gasteiger partial charge in [-0.3, -0.25) is 9.59 Å². The van der Waals surface area contributed by atoms with E-state index >= 15 is 0 Å². The summed E-state index contributed by atoms with van der Waals surface area (Å²) in [5, 5.41) is 2.98. The van der Waals surface area contributed by atoms with Crippen LogP contribution in [0, 0.1) is 5.82 Å². The highest BCUT2D eigenvalue weighted by Crippen LogP contribution is 2.19. The van der Waals surface area contributed by atoms with Crippen LogP contribution in [0.1, 0.15) is 44.2 Å². The molecule has 0 aromatic heterocycles. The quantitative estimate of drug-likeness (QED) is 0.304. The topological polar surface area (TPSA) is 86.8 Å². The van der Waals surface area contributed by atoms with E-state index in [2.05, 4.69) is 5.32 Å². The van der Waals surface area contributed by atoms with Crippen LogP contribution in [0.4, 0.5) is 4.39 Å². The van der Waals surface area contributed by atoms with E-state index in [0.717, 1.165) is 5.56 Å². The number of halogens is 1. The van der Waals surface area contributed by atoms with E-state index in [1.807, 2.05) is 44.2 Å². The van der Waals surface area contributed by atoms with Gasteiger partial charge in [0, 0.05) is 44.6 Å². The summed E-state index contributed by atoms with van der Waals surface area (Å²) in [6, 6.07) is 22.7. The van der Waals surface area contributed by atoms with Crippen molar-refractivity contribution in [2.24, 2.45) is 0 Å². The number of hydrogen-bond donors (Lipinski definition) is 1. The summed E-state index contributed by atoms with van der Waals surface area (Å²) >= 11 is 0. The normalized spacial score (nSPS) is 13.0. The Morgan fingerprint density at radius 1 is 0.925 bits per heavy atom. The third kappa shape index (κ3) is 8.47. The van der Waals surface area contributed by atoms with Gasteiger partial charge in [0.25, 0.3) is 0 Å². The number of nitrogens with zero attached hydrogens (tertiary/aromatic N) is 2. The van der Waals surface area contributed by atoms with E-state index in [-0.39, 0.29) is 55.1 Å². The van der Waals surface area contributed by atoms with E-state index in [9.17, 15) is 22.4 Å². The molecule has 0 heterocycles. The fraction of sp³-hybridized carbons (Fsp3) is 0.355. The highest BCUT2D eigenvalue weighted by molar-refractivity contribution is 7.89. The van der Waals surface area contributed by atoms with Crippen molar-refractivity contribution in [3.8, 4) is 0 Å². The van der Waals surface area contributed by atoms with Crippen LogP contribution in [0.3, 0.4) is 0 Å². The third-order valence-electron chi connectivity index (χ3n) is 6.89. The summed E-state index contributed by atoms with van der Waals surface area (Å²) in [5.41, 5.74) is 1.17. The Morgan fingerprint density at radius 3 is 2.15 bits per heavy atom. The molecule has 2 unspecified atom stereocenters. The van der Waals surface area contributed by atoms with Crippen LogP contribution in [0.15, 0.2) is 89.8 Å². The molecule has 214 valence electrons. The first-order valence-electron chi connectivity index (χ1n) is 13.5. The molecule has 0 fully saturated rings. The van der Waals surface area contributed by atoms with Crippen LogP contribution in [0.25, 0.3) is 0 Å². The molecule has 3 aromatic rings. The van der Waals surface area contributed by atoms with E-state index in [1.54, 1.807) is 36.4 Å². The lowest BCUT2D eigenvalue weighted by atomic mass is 10.0. The minimum Gasteiger partial charge on any atom is -0.352 e. The molecular weight excluding hydrogens is 529 g/mol. The van der Waals surface area contributed by atoms with Crippen molar-refractivity contribution in [3.05, 3.63) is 102 Å². The summed E-state index contributed by atoms with van der Waals surface area (Å²) in [6.07, 6.45) is 1.20. The van der Waals surface area contributed by atoms with E-state index in [0.29, 0.717) is 12.0 Å². The molecule has 2 atom stereocenters. The summed E-state index contributed by atoms with van der Waals surface area (Å²) < 4.78 is 41.7. The first-order chi connectivity index (χ1) is 19.1. The van der Waals surface area contributed by atoms with Crippen molar-refractivity contribution in [2.75, 3.05) is 13.6 Å². The molecule has 0 aliphatic heterocycles. The summed E-state index contributed by atoms with van der Waals surface area (Å²) in [4.78, 5) is 28.8. The second-order valence-corrected chi connectivity index (χ2v) is 11.9. The number of rotatable bonds is 14. The van der Waals surface area contributed by atoms with Crippen molar-refractivity contribution >= 4 is 21.8 Å². The molecule has 0 radical (unpaired) electrons. The minimum absolute atomic E-state index is 0.00893. The molecule has 0 saturated heterocycles. The van der Waals surface area contributed by atoms with Crippen molar-refractivity contribution in [3.63, 3.8) is 0 Å². The number of amides is 2. The van der Waals surface area contributed by atoms with Gasteiger partial charge in [-0.2, -0.15) is 0 Å². The Kier molecular flexibility index (Phi) is 11.4. The Hall–Kier alpha value is -3.56. The predicted molar refractivity (Wildman–Crippen MR) is 154 cm³/mol. The summed E-state index contributed by atoms with van der Waals surface area (Å²) in [6.45, 7) is 3.87. The SMILES string of the molecule is CCC(C)NC(=O)C(Cc1ccccc1)N(Cc1ccccc1F)C(=O)CCCN(C)S(=O)(=O)c1ccccc1. The number of sulfonamides is 1. The summed E-state index contributed by atoms with van der Waals surface area (Å²) in [5.74, 6) is -1.13. The smallest absolute Gasteiger partial charge is 0.243 e. The predicted octanol–water partition coefficient (Wildman–Crippen LogP) is 4.78. The molecule has 0 bridgehead atoms. The monoisotopic (exact) mass is 567 g/mol. The number of benzene rings is 3. The number of nitrogens with one attached hydrogen (secondary N) is 1. The van der Waals surface area contributed by atoms with E-state index in [1.165, 1.54) is 34.5 Å². The highest BCUT2D eigenvalue weighted by Gasteiger charge is 2.31. The highest BCUT2D eigenvalue weighted by atomic mass is 32.2. The number of hydrogen-bond acceptors (Lipinski definition) is 4. The van der Waals surface area contributed by atoms with E-state index < -0.39 is 21.9 Å².